The standard InChI is InChI=1S/C18H23NO2/c1-18(2,3)14-5-7-16(8-6-14)21-12-13-9-15(19)11-17(10-13)20-4/h5-11H,12,19H2,1-4H3. The van der Waals surface area contributed by atoms with Crippen molar-refractivity contribution in [1.29, 1.82) is 0 Å². The van der Waals surface area contributed by atoms with Crippen LogP contribution in [0.2, 0.25) is 0 Å². The Morgan fingerprint density at radius 1 is 0.952 bits per heavy atom. The molecule has 0 heterocycles. The molecule has 0 fully saturated rings. The predicted octanol–water partition coefficient (Wildman–Crippen LogP) is 4.15. The van der Waals surface area contributed by atoms with E-state index < -0.39 is 0 Å². The molecule has 0 saturated heterocycles. The first-order chi connectivity index (χ1) is 9.88. The number of nitrogen functional groups attached to an aromatic ring is 1. The van der Waals surface area contributed by atoms with E-state index in [-0.39, 0.29) is 5.41 Å². The Morgan fingerprint density at radius 2 is 1.62 bits per heavy atom. The van der Waals surface area contributed by atoms with E-state index >= 15 is 0 Å². The molecule has 0 radical (unpaired) electrons. The monoisotopic (exact) mass is 285 g/mol. The highest BCUT2D eigenvalue weighted by Gasteiger charge is 2.12. The van der Waals surface area contributed by atoms with Gasteiger partial charge in [0, 0.05) is 11.8 Å². The largest absolute Gasteiger partial charge is 0.497 e. The minimum absolute atomic E-state index is 0.153. The molecule has 2 aromatic rings. The number of methoxy groups -OCH3 is 1. The lowest BCUT2D eigenvalue weighted by atomic mass is 9.87. The highest BCUT2D eigenvalue weighted by Crippen LogP contribution is 2.25. The number of benzene rings is 2. The van der Waals surface area contributed by atoms with Crippen molar-refractivity contribution in [1.82, 2.24) is 0 Å². The summed E-state index contributed by atoms with van der Waals surface area (Å²) in [5, 5.41) is 0. The zero-order valence-electron chi connectivity index (χ0n) is 13.1. The van der Waals surface area contributed by atoms with Gasteiger partial charge in [-0.25, -0.2) is 0 Å². The van der Waals surface area contributed by atoms with Gasteiger partial charge in [0.25, 0.3) is 0 Å². The molecular formula is C18H23NO2. The van der Waals surface area contributed by atoms with E-state index in [0.717, 1.165) is 17.1 Å². The highest BCUT2D eigenvalue weighted by atomic mass is 16.5. The fourth-order valence-corrected chi connectivity index (χ4v) is 2.11. The van der Waals surface area contributed by atoms with Gasteiger partial charge in [-0.2, -0.15) is 0 Å². The number of hydrogen-bond acceptors (Lipinski definition) is 3. The molecule has 3 nitrogen and oxygen atoms in total. The summed E-state index contributed by atoms with van der Waals surface area (Å²) in [5.41, 5.74) is 8.95. The van der Waals surface area contributed by atoms with Crippen LogP contribution in [0.25, 0.3) is 0 Å². The molecule has 0 aliphatic heterocycles. The van der Waals surface area contributed by atoms with Crippen molar-refractivity contribution in [3.63, 3.8) is 0 Å². The lowest BCUT2D eigenvalue weighted by Gasteiger charge is -2.19. The van der Waals surface area contributed by atoms with E-state index in [1.54, 1.807) is 13.2 Å². The van der Waals surface area contributed by atoms with E-state index in [2.05, 4.69) is 32.9 Å². The van der Waals surface area contributed by atoms with E-state index in [4.69, 9.17) is 15.2 Å². The Labute approximate surface area is 126 Å². The van der Waals surface area contributed by atoms with Gasteiger partial charge in [-0.1, -0.05) is 32.9 Å². The molecule has 2 rings (SSSR count). The molecular weight excluding hydrogens is 262 g/mol. The van der Waals surface area contributed by atoms with Crippen LogP contribution in [0.1, 0.15) is 31.9 Å². The summed E-state index contributed by atoms with van der Waals surface area (Å²) < 4.78 is 11.0. The zero-order chi connectivity index (χ0) is 15.5. The lowest BCUT2D eigenvalue weighted by Crippen LogP contribution is -2.10. The van der Waals surface area contributed by atoms with Crippen LogP contribution in [0.4, 0.5) is 5.69 Å². The van der Waals surface area contributed by atoms with Gasteiger partial charge in [-0.15, -0.1) is 0 Å². The lowest BCUT2D eigenvalue weighted by molar-refractivity contribution is 0.305. The highest BCUT2D eigenvalue weighted by molar-refractivity contribution is 5.47. The van der Waals surface area contributed by atoms with Crippen molar-refractivity contribution in [3.8, 4) is 11.5 Å². The third kappa shape index (κ3) is 4.15. The number of anilines is 1. The second-order valence-corrected chi connectivity index (χ2v) is 6.18. The minimum Gasteiger partial charge on any atom is -0.497 e. The summed E-state index contributed by atoms with van der Waals surface area (Å²) in [7, 11) is 1.63. The van der Waals surface area contributed by atoms with Crippen molar-refractivity contribution < 1.29 is 9.47 Å². The van der Waals surface area contributed by atoms with Crippen molar-refractivity contribution in [2.45, 2.75) is 32.8 Å². The molecule has 0 aliphatic rings. The number of rotatable bonds is 4. The molecule has 0 spiro atoms. The molecule has 0 bridgehead atoms. The van der Waals surface area contributed by atoms with Crippen molar-refractivity contribution in [2.75, 3.05) is 12.8 Å². The maximum atomic E-state index is 5.84. The van der Waals surface area contributed by atoms with Gasteiger partial charge >= 0.3 is 0 Å². The third-order valence-corrected chi connectivity index (χ3v) is 3.35. The Bertz CT molecular complexity index is 598. The maximum absolute atomic E-state index is 5.84. The Morgan fingerprint density at radius 3 is 2.19 bits per heavy atom. The average molecular weight is 285 g/mol. The fourth-order valence-electron chi connectivity index (χ4n) is 2.11. The third-order valence-electron chi connectivity index (χ3n) is 3.35. The van der Waals surface area contributed by atoms with E-state index in [0.29, 0.717) is 12.3 Å². The number of ether oxygens (including phenoxy) is 2. The van der Waals surface area contributed by atoms with Gasteiger partial charge in [0.15, 0.2) is 0 Å². The summed E-state index contributed by atoms with van der Waals surface area (Å²) >= 11 is 0. The summed E-state index contributed by atoms with van der Waals surface area (Å²) in [6.07, 6.45) is 0. The second-order valence-electron chi connectivity index (χ2n) is 6.18. The quantitative estimate of drug-likeness (QED) is 0.858. The number of hydrogen-bond donors (Lipinski definition) is 1. The van der Waals surface area contributed by atoms with E-state index in [9.17, 15) is 0 Å². The Kier molecular flexibility index (Phi) is 4.41. The van der Waals surface area contributed by atoms with Gasteiger partial charge in [-0.05, 0) is 40.8 Å². The first-order valence-corrected chi connectivity index (χ1v) is 7.05. The summed E-state index contributed by atoms with van der Waals surface area (Å²) in [4.78, 5) is 0. The molecule has 0 amide bonds. The first kappa shape index (κ1) is 15.2. The van der Waals surface area contributed by atoms with E-state index in [1.807, 2.05) is 24.3 Å². The van der Waals surface area contributed by atoms with Crippen LogP contribution in [-0.4, -0.2) is 7.11 Å². The van der Waals surface area contributed by atoms with E-state index in [1.165, 1.54) is 5.56 Å². The van der Waals surface area contributed by atoms with Crippen LogP contribution < -0.4 is 15.2 Å². The van der Waals surface area contributed by atoms with Gasteiger partial charge in [0.2, 0.25) is 0 Å². The Balaban J connectivity index is 2.05. The zero-order valence-corrected chi connectivity index (χ0v) is 13.1. The molecule has 0 atom stereocenters. The Hall–Kier alpha value is -2.16. The molecule has 0 saturated carbocycles. The molecule has 2 N–H and O–H groups in total. The smallest absolute Gasteiger partial charge is 0.121 e. The molecule has 3 heteroatoms. The summed E-state index contributed by atoms with van der Waals surface area (Å²) in [6, 6.07) is 13.8. The van der Waals surface area contributed by atoms with Crippen LogP contribution in [0, 0.1) is 0 Å². The first-order valence-electron chi connectivity index (χ1n) is 7.05. The molecule has 21 heavy (non-hydrogen) atoms. The van der Waals surface area contributed by atoms with Crippen LogP contribution in [-0.2, 0) is 12.0 Å². The maximum Gasteiger partial charge on any atom is 0.121 e. The molecule has 112 valence electrons. The van der Waals surface area contributed by atoms with Gasteiger partial charge in [0.05, 0.1) is 7.11 Å². The molecule has 0 aliphatic carbocycles. The van der Waals surface area contributed by atoms with Crippen LogP contribution in [0.5, 0.6) is 11.5 Å². The normalized spacial score (nSPS) is 11.2. The SMILES string of the molecule is COc1cc(N)cc(COc2ccc(C(C)(C)C)cc2)c1. The van der Waals surface area contributed by atoms with Crippen LogP contribution in [0.15, 0.2) is 42.5 Å². The summed E-state index contributed by atoms with van der Waals surface area (Å²) in [6.45, 7) is 7.06. The van der Waals surface area contributed by atoms with Gasteiger partial charge < -0.3 is 15.2 Å². The second kappa shape index (κ2) is 6.08. The number of nitrogens with two attached hydrogens (primary N) is 1. The predicted molar refractivity (Wildman–Crippen MR) is 86.9 cm³/mol. The van der Waals surface area contributed by atoms with Crippen LogP contribution >= 0.6 is 0 Å². The van der Waals surface area contributed by atoms with Crippen molar-refractivity contribution in [3.05, 3.63) is 53.6 Å². The fraction of sp³-hybridized carbons (Fsp3) is 0.333. The topological polar surface area (TPSA) is 44.5 Å². The average Bonchev–Trinajstić information content (AvgIpc) is 2.44. The summed E-state index contributed by atoms with van der Waals surface area (Å²) in [5.74, 6) is 1.60. The van der Waals surface area contributed by atoms with Gasteiger partial charge in [-0.3, -0.25) is 0 Å². The minimum atomic E-state index is 0.153. The molecule has 0 aromatic heterocycles. The van der Waals surface area contributed by atoms with Crippen molar-refractivity contribution in [2.24, 2.45) is 0 Å². The van der Waals surface area contributed by atoms with Crippen molar-refractivity contribution >= 4 is 5.69 Å². The van der Waals surface area contributed by atoms with Crippen LogP contribution in [0.3, 0.4) is 0 Å². The molecule has 2 aromatic carbocycles. The van der Waals surface area contributed by atoms with Gasteiger partial charge in [0.1, 0.15) is 18.1 Å². The molecule has 0 unspecified atom stereocenters.